The van der Waals surface area contributed by atoms with Gasteiger partial charge >= 0.3 is 0 Å². The van der Waals surface area contributed by atoms with Crippen molar-refractivity contribution in [2.45, 2.75) is 25.8 Å². The molecule has 1 aliphatic rings. The molecular formula is C22H22ClFN6O. The van der Waals surface area contributed by atoms with Crippen molar-refractivity contribution < 1.29 is 9.18 Å². The largest absolute Gasteiger partial charge is 0.355 e. The molecule has 9 heteroatoms. The van der Waals surface area contributed by atoms with Gasteiger partial charge in [-0.3, -0.25) is 9.69 Å². The molecule has 1 aromatic heterocycles. The topological polar surface area (TPSA) is 75.9 Å². The van der Waals surface area contributed by atoms with Gasteiger partial charge in [0, 0.05) is 11.6 Å². The molecule has 0 spiro atoms. The first kappa shape index (κ1) is 21.0. The molecule has 0 saturated heterocycles. The minimum Gasteiger partial charge on any atom is -0.355 e. The molecule has 0 fully saturated rings. The fraction of sp³-hybridized carbons (Fsp3) is 0.273. The number of unbranched alkanes of at least 4 members (excludes halogenated alkanes) is 1. The summed E-state index contributed by atoms with van der Waals surface area (Å²) in [6.07, 6.45) is 3.88. The van der Waals surface area contributed by atoms with E-state index >= 15 is 0 Å². The molecule has 0 aliphatic carbocycles. The number of nitrogens with zero attached hydrogens (tertiary/aromatic N) is 5. The summed E-state index contributed by atoms with van der Waals surface area (Å²) in [6.45, 7) is 2.75. The zero-order valence-corrected chi connectivity index (χ0v) is 17.8. The van der Waals surface area contributed by atoms with Gasteiger partial charge in [0.2, 0.25) is 5.91 Å². The first-order valence-corrected chi connectivity index (χ1v) is 10.5. The molecule has 0 radical (unpaired) electrons. The highest BCUT2D eigenvalue weighted by Crippen LogP contribution is 2.36. The van der Waals surface area contributed by atoms with Crippen molar-refractivity contribution in [3.8, 4) is 0 Å². The first-order valence-electron chi connectivity index (χ1n) is 10.1. The molecule has 1 aliphatic heterocycles. The predicted molar refractivity (Wildman–Crippen MR) is 117 cm³/mol. The number of allylic oxidation sites excluding steroid dienone is 1. The van der Waals surface area contributed by atoms with Gasteiger partial charge in [-0.1, -0.05) is 54.3 Å². The van der Waals surface area contributed by atoms with Crippen LogP contribution in [0.15, 0.2) is 54.6 Å². The lowest BCUT2D eigenvalue weighted by Gasteiger charge is -2.32. The monoisotopic (exact) mass is 440 g/mol. The average Bonchev–Trinajstić information content (AvgIpc) is 3.26. The number of hydrogen-bond donors (Lipinski definition) is 1. The number of carbonyl (C=O) groups is 1. The fourth-order valence-electron chi connectivity index (χ4n) is 3.49. The number of aromatic nitrogens is 4. The van der Waals surface area contributed by atoms with Crippen LogP contribution in [-0.4, -0.2) is 39.2 Å². The Bertz CT molecular complexity index is 1080. The van der Waals surface area contributed by atoms with E-state index in [0.29, 0.717) is 17.5 Å². The smallest absolute Gasteiger partial charge is 0.251 e. The summed E-state index contributed by atoms with van der Waals surface area (Å²) < 4.78 is 15.1. The van der Waals surface area contributed by atoms with E-state index < -0.39 is 0 Å². The molecule has 1 N–H and O–H groups in total. The number of anilines is 1. The van der Waals surface area contributed by atoms with Gasteiger partial charge in [0.05, 0.1) is 5.70 Å². The Hall–Kier alpha value is -3.26. The van der Waals surface area contributed by atoms with Gasteiger partial charge in [-0.2, -0.15) is 4.68 Å². The summed E-state index contributed by atoms with van der Waals surface area (Å²) in [5.74, 6) is -0.000656. The minimum atomic E-state index is -0.351. The van der Waals surface area contributed by atoms with Crippen LogP contribution in [0, 0.1) is 5.82 Å². The molecule has 31 heavy (non-hydrogen) atoms. The number of halogens is 2. The quantitative estimate of drug-likeness (QED) is 0.565. The second-order valence-corrected chi connectivity index (χ2v) is 7.70. The van der Waals surface area contributed by atoms with Gasteiger partial charge < -0.3 is 5.32 Å². The van der Waals surface area contributed by atoms with E-state index in [2.05, 4.69) is 27.8 Å². The van der Waals surface area contributed by atoms with Crippen LogP contribution in [0.3, 0.4) is 0 Å². The van der Waals surface area contributed by atoms with Gasteiger partial charge in [0.15, 0.2) is 0 Å². The fourth-order valence-corrected chi connectivity index (χ4v) is 3.62. The number of rotatable bonds is 7. The molecule has 1 atom stereocenters. The number of carbonyl (C=O) groups excluding carboxylic acids is 1. The Morgan fingerprint density at radius 2 is 1.90 bits per heavy atom. The summed E-state index contributed by atoms with van der Waals surface area (Å²) in [6, 6.07) is 13.2. The zero-order chi connectivity index (χ0) is 21.8. The molecule has 2 aromatic carbocycles. The van der Waals surface area contributed by atoms with Crippen LogP contribution in [0.25, 0.3) is 5.70 Å². The SMILES string of the molecule is CCCCNC(=O)CN1C(c2ccc(Cl)cc2)=C[C@H](c2ccc(F)cc2)n2nnnc21. The van der Waals surface area contributed by atoms with Gasteiger partial charge in [0.1, 0.15) is 18.4 Å². The number of benzene rings is 2. The molecule has 2 heterocycles. The van der Waals surface area contributed by atoms with Crippen LogP contribution in [0.4, 0.5) is 10.3 Å². The van der Waals surface area contributed by atoms with E-state index in [1.54, 1.807) is 33.8 Å². The predicted octanol–water partition coefficient (Wildman–Crippen LogP) is 3.83. The second kappa shape index (κ2) is 9.26. The van der Waals surface area contributed by atoms with E-state index in [9.17, 15) is 9.18 Å². The van der Waals surface area contributed by atoms with E-state index in [4.69, 9.17) is 11.6 Å². The molecule has 4 rings (SSSR count). The van der Waals surface area contributed by atoms with Gasteiger partial charge in [-0.25, -0.2) is 4.39 Å². The maximum atomic E-state index is 13.5. The van der Waals surface area contributed by atoms with Crippen molar-refractivity contribution in [1.82, 2.24) is 25.5 Å². The molecule has 0 bridgehead atoms. The van der Waals surface area contributed by atoms with E-state index in [1.807, 2.05) is 18.2 Å². The average molecular weight is 441 g/mol. The maximum absolute atomic E-state index is 13.5. The highest BCUT2D eigenvalue weighted by molar-refractivity contribution is 6.30. The Balaban J connectivity index is 1.74. The zero-order valence-electron chi connectivity index (χ0n) is 17.0. The van der Waals surface area contributed by atoms with Crippen LogP contribution in [0.5, 0.6) is 0 Å². The Morgan fingerprint density at radius 1 is 1.16 bits per heavy atom. The Labute approximate surface area is 184 Å². The summed E-state index contributed by atoms with van der Waals surface area (Å²) in [7, 11) is 0. The lowest BCUT2D eigenvalue weighted by Crippen LogP contribution is -2.40. The van der Waals surface area contributed by atoms with Crippen molar-refractivity contribution in [2.24, 2.45) is 0 Å². The first-order chi connectivity index (χ1) is 15.1. The molecule has 3 aromatic rings. The summed E-state index contributed by atoms with van der Waals surface area (Å²) in [5, 5.41) is 15.7. The van der Waals surface area contributed by atoms with Crippen molar-refractivity contribution >= 4 is 29.2 Å². The highest BCUT2D eigenvalue weighted by Gasteiger charge is 2.31. The second-order valence-electron chi connectivity index (χ2n) is 7.27. The molecule has 7 nitrogen and oxygen atoms in total. The third-order valence-corrected chi connectivity index (χ3v) is 5.34. The van der Waals surface area contributed by atoms with Crippen LogP contribution in [0.1, 0.15) is 36.9 Å². The van der Waals surface area contributed by atoms with E-state index in [1.165, 1.54) is 12.1 Å². The molecule has 0 unspecified atom stereocenters. The normalized spacial score (nSPS) is 15.4. The lowest BCUT2D eigenvalue weighted by atomic mass is 10.0. The molecule has 160 valence electrons. The van der Waals surface area contributed by atoms with Crippen molar-refractivity contribution in [3.63, 3.8) is 0 Å². The maximum Gasteiger partial charge on any atom is 0.251 e. The van der Waals surface area contributed by atoms with Crippen molar-refractivity contribution in [1.29, 1.82) is 0 Å². The number of amides is 1. The Kier molecular flexibility index (Phi) is 6.27. The summed E-state index contributed by atoms with van der Waals surface area (Å²) in [4.78, 5) is 14.4. The Morgan fingerprint density at radius 3 is 2.61 bits per heavy atom. The number of fused-ring (bicyclic) bond motifs is 1. The lowest BCUT2D eigenvalue weighted by molar-refractivity contribution is -0.119. The van der Waals surface area contributed by atoms with Gasteiger partial charge in [-0.05, 0) is 58.3 Å². The van der Waals surface area contributed by atoms with Crippen molar-refractivity contribution in [3.05, 3.63) is 76.6 Å². The van der Waals surface area contributed by atoms with Gasteiger partial charge in [0.25, 0.3) is 5.95 Å². The summed E-state index contributed by atoms with van der Waals surface area (Å²) in [5.41, 5.74) is 2.47. The van der Waals surface area contributed by atoms with Crippen LogP contribution >= 0.6 is 11.6 Å². The van der Waals surface area contributed by atoms with Gasteiger partial charge in [-0.15, -0.1) is 0 Å². The third kappa shape index (κ3) is 4.59. The number of hydrogen-bond acceptors (Lipinski definition) is 5. The molecular weight excluding hydrogens is 419 g/mol. The third-order valence-electron chi connectivity index (χ3n) is 5.09. The van der Waals surface area contributed by atoms with E-state index in [-0.39, 0.29) is 24.3 Å². The van der Waals surface area contributed by atoms with Crippen LogP contribution in [-0.2, 0) is 4.79 Å². The standard InChI is InChI=1S/C22H22ClFN6O/c1-2-3-12-25-21(31)14-29-19(15-4-8-17(23)9-5-15)13-20(30-22(29)26-27-28-30)16-6-10-18(24)11-7-16/h4-11,13,20H,2-3,12,14H2,1H3,(H,25,31)/t20-/m1/s1. The number of nitrogens with one attached hydrogen (secondary N) is 1. The highest BCUT2D eigenvalue weighted by atomic mass is 35.5. The number of tetrazole rings is 1. The minimum absolute atomic E-state index is 0.0642. The van der Waals surface area contributed by atoms with Crippen LogP contribution in [0.2, 0.25) is 5.02 Å². The molecule has 0 saturated carbocycles. The van der Waals surface area contributed by atoms with Crippen molar-refractivity contribution in [2.75, 3.05) is 18.0 Å². The summed E-state index contributed by atoms with van der Waals surface area (Å²) >= 11 is 6.08. The molecule has 1 amide bonds. The van der Waals surface area contributed by atoms with E-state index in [0.717, 1.165) is 29.7 Å². The van der Waals surface area contributed by atoms with Crippen LogP contribution < -0.4 is 10.2 Å².